The van der Waals surface area contributed by atoms with Crippen molar-refractivity contribution in [2.24, 2.45) is 0 Å². The van der Waals surface area contributed by atoms with Crippen LogP contribution in [0, 0.1) is 6.92 Å². The minimum Gasteiger partial charge on any atom is -0.399 e. The van der Waals surface area contributed by atoms with Crippen LogP contribution in [-0.2, 0) is 14.7 Å². The molecular formula is C16H26BNO2. The highest BCUT2D eigenvalue weighted by molar-refractivity contribution is 6.62. The number of hydrogen-bond donors (Lipinski definition) is 0. The Bertz CT molecular complexity index is 502. The van der Waals surface area contributed by atoms with Crippen molar-refractivity contribution in [1.82, 2.24) is 4.98 Å². The molecule has 0 aliphatic carbocycles. The topological polar surface area (TPSA) is 31.4 Å². The van der Waals surface area contributed by atoms with Crippen molar-refractivity contribution >= 4 is 12.6 Å². The van der Waals surface area contributed by atoms with E-state index in [4.69, 9.17) is 9.31 Å². The van der Waals surface area contributed by atoms with E-state index < -0.39 is 0 Å². The summed E-state index contributed by atoms with van der Waals surface area (Å²) in [4.78, 5) is 4.59. The molecule has 0 unspecified atom stereocenters. The molecule has 0 spiro atoms. The summed E-state index contributed by atoms with van der Waals surface area (Å²) in [6.45, 7) is 16.9. The predicted octanol–water partition coefficient (Wildman–Crippen LogP) is 2.99. The second kappa shape index (κ2) is 4.57. The highest BCUT2D eigenvalue weighted by Crippen LogP contribution is 2.36. The summed E-state index contributed by atoms with van der Waals surface area (Å²) in [6.07, 6.45) is 1.90. The lowest BCUT2D eigenvalue weighted by molar-refractivity contribution is 0.00578. The Morgan fingerprint density at radius 1 is 1.05 bits per heavy atom. The third-order valence-corrected chi connectivity index (χ3v) is 4.43. The molecule has 1 aliphatic heterocycles. The standard InChI is InChI=1S/C16H26BNO2/c1-11-9-13(14(2,3)4)18-10-12(11)17-19-15(5,6)16(7,8)20-17/h9-10H,1-8H3. The normalized spacial score (nSPS) is 21.3. The fourth-order valence-electron chi connectivity index (χ4n) is 2.19. The van der Waals surface area contributed by atoms with Crippen LogP contribution in [-0.4, -0.2) is 23.3 Å². The molecule has 4 heteroatoms. The Balaban J connectivity index is 2.33. The van der Waals surface area contributed by atoms with Gasteiger partial charge in [-0.2, -0.15) is 0 Å². The molecule has 0 amide bonds. The Kier molecular flexibility index (Phi) is 3.55. The van der Waals surface area contributed by atoms with Gasteiger partial charge in [0, 0.05) is 22.8 Å². The van der Waals surface area contributed by atoms with E-state index in [1.807, 2.05) is 6.20 Å². The zero-order valence-electron chi connectivity index (χ0n) is 14.0. The van der Waals surface area contributed by atoms with Crippen LogP contribution >= 0.6 is 0 Å². The van der Waals surface area contributed by atoms with E-state index in [1.54, 1.807) is 0 Å². The Labute approximate surface area is 123 Å². The monoisotopic (exact) mass is 275 g/mol. The number of hydrogen-bond acceptors (Lipinski definition) is 3. The van der Waals surface area contributed by atoms with Gasteiger partial charge >= 0.3 is 7.12 Å². The predicted molar refractivity (Wildman–Crippen MR) is 83.4 cm³/mol. The van der Waals surface area contributed by atoms with Crippen LogP contribution in [0.5, 0.6) is 0 Å². The molecule has 1 saturated heterocycles. The molecule has 0 N–H and O–H groups in total. The van der Waals surface area contributed by atoms with Gasteiger partial charge < -0.3 is 9.31 Å². The Morgan fingerprint density at radius 2 is 1.55 bits per heavy atom. The summed E-state index contributed by atoms with van der Waals surface area (Å²) in [7, 11) is -0.332. The summed E-state index contributed by atoms with van der Waals surface area (Å²) in [5, 5.41) is 0. The summed E-state index contributed by atoms with van der Waals surface area (Å²) < 4.78 is 12.2. The third kappa shape index (κ3) is 2.64. The molecule has 1 aromatic rings. The second-order valence-electron chi connectivity index (χ2n) is 7.76. The number of nitrogens with zero attached hydrogens (tertiary/aromatic N) is 1. The van der Waals surface area contributed by atoms with Crippen LogP contribution in [0.3, 0.4) is 0 Å². The highest BCUT2D eigenvalue weighted by atomic mass is 16.7. The number of rotatable bonds is 1. The molecule has 0 saturated carbocycles. The quantitative estimate of drug-likeness (QED) is 0.738. The third-order valence-electron chi connectivity index (χ3n) is 4.43. The maximum atomic E-state index is 6.09. The van der Waals surface area contributed by atoms with Crippen LogP contribution in [0.15, 0.2) is 12.3 Å². The minimum absolute atomic E-state index is 0.0548. The molecule has 2 heterocycles. The lowest BCUT2D eigenvalue weighted by atomic mass is 9.76. The van der Waals surface area contributed by atoms with Crippen molar-refractivity contribution in [3.63, 3.8) is 0 Å². The van der Waals surface area contributed by atoms with Gasteiger partial charge in [-0.25, -0.2) is 0 Å². The van der Waals surface area contributed by atoms with E-state index in [2.05, 4.69) is 66.4 Å². The van der Waals surface area contributed by atoms with E-state index in [0.717, 1.165) is 11.2 Å². The van der Waals surface area contributed by atoms with Crippen LogP contribution < -0.4 is 5.46 Å². The van der Waals surface area contributed by atoms with Crippen LogP contribution in [0.1, 0.15) is 59.7 Å². The molecule has 20 heavy (non-hydrogen) atoms. The van der Waals surface area contributed by atoms with Gasteiger partial charge in [0.25, 0.3) is 0 Å². The second-order valence-corrected chi connectivity index (χ2v) is 7.76. The first kappa shape index (κ1) is 15.5. The molecule has 0 atom stereocenters. The lowest BCUT2D eigenvalue weighted by Crippen LogP contribution is -2.41. The van der Waals surface area contributed by atoms with Gasteiger partial charge in [-0.05, 0) is 46.2 Å². The van der Waals surface area contributed by atoms with E-state index in [9.17, 15) is 0 Å². The van der Waals surface area contributed by atoms with E-state index >= 15 is 0 Å². The fourth-order valence-corrected chi connectivity index (χ4v) is 2.19. The number of aryl methyl sites for hydroxylation is 1. The maximum absolute atomic E-state index is 6.09. The first-order valence-corrected chi connectivity index (χ1v) is 7.27. The molecule has 0 aromatic carbocycles. The zero-order chi connectivity index (χ0) is 15.3. The molecule has 0 radical (unpaired) electrons. The number of aromatic nitrogens is 1. The number of pyridine rings is 1. The van der Waals surface area contributed by atoms with Gasteiger partial charge in [-0.1, -0.05) is 20.8 Å². The van der Waals surface area contributed by atoms with Crippen molar-refractivity contribution in [1.29, 1.82) is 0 Å². The van der Waals surface area contributed by atoms with Gasteiger partial charge in [-0.15, -0.1) is 0 Å². The largest absolute Gasteiger partial charge is 0.496 e. The molecular weight excluding hydrogens is 249 g/mol. The Morgan fingerprint density at radius 3 is 1.95 bits per heavy atom. The maximum Gasteiger partial charge on any atom is 0.496 e. The smallest absolute Gasteiger partial charge is 0.399 e. The summed E-state index contributed by atoms with van der Waals surface area (Å²) in [6, 6.07) is 2.14. The SMILES string of the molecule is Cc1cc(C(C)(C)C)ncc1B1OC(C)(C)C(C)(C)O1. The average molecular weight is 275 g/mol. The summed E-state index contributed by atoms with van der Waals surface area (Å²) in [5.74, 6) is 0. The van der Waals surface area contributed by atoms with Crippen molar-refractivity contribution < 1.29 is 9.31 Å². The van der Waals surface area contributed by atoms with Gasteiger partial charge in [-0.3, -0.25) is 4.98 Å². The molecule has 1 aliphatic rings. The average Bonchev–Trinajstić information content (AvgIpc) is 2.46. The van der Waals surface area contributed by atoms with Crippen LogP contribution in [0.2, 0.25) is 0 Å². The molecule has 1 fully saturated rings. The van der Waals surface area contributed by atoms with Gasteiger partial charge in [0.1, 0.15) is 0 Å². The molecule has 1 aromatic heterocycles. The van der Waals surface area contributed by atoms with Crippen molar-refractivity contribution in [2.75, 3.05) is 0 Å². The molecule has 110 valence electrons. The highest BCUT2D eigenvalue weighted by Gasteiger charge is 2.52. The van der Waals surface area contributed by atoms with Gasteiger partial charge in [0.15, 0.2) is 0 Å². The molecule has 2 rings (SSSR count). The van der Waals surface area contributed by atoms with E-state index in [1.165, 1.54) is 5.56 Å². The van der Waals surface area contributed by atoms with Crippen LogP contribution in [0.4, 0.5) is 0 Å². The zero-order valence-corrected chi connectivity index (χ0v) is 14.0. The molecule has 3 nitrogen and oxygen atoms in total. The fraction of sp³-hybridized carbons (Fsp3) is 0.688. The first-order chi connectivity index (χ1) is 8.94. The van der Waals surface area contributed by atoms with Gasteiger partial charge in [0.2, 0.25) is 0 Å². The summed E-state index contributed by atoms with van der Waals surface area (Å²) >= 11 is 0. The molecule has 0 bridgehead atoms. The van der Waals surface area contributed by atoms with Gasteiger partial charge in [0.05, 0.1) is 11.2 Å². The van der Waals surface area contributed by atoms with Crippen molar-refractivity contribution in [3.05, 3.63) is 23.5 Å². The first-order valence-electron chi connectivity index (χ1n) is 7.27. The van der Waals surface area contributed by atoms with Crippen LogP contribution in [0.25, 0.3) is 0 Å². The lowest BCUT2D eigenvalue weighted by Gasteiger charge is -2.32. The van der Waals surface area contributed by atoms with E-state index in [0.29, 0.717) is 0 Å². The van der Waals surface area contributed by atoms with E-state index in [-0.39, 0.29) is 23.7 Å². The Hall–Kier alpha value is -0.865. The van der Waals surface area contributed by atoms with Crippen molar-refractivity contribution in [2.45, 2.75) is 72.0 Å². The minimum atomic E-state index is -0.332. The summed E-state index contributed by atoms with van der Waals surface area (Å²) in [5.41, 5.74) is 2.72. The van der Waals surface area contributed by atoms with Crippen molar-refractivity contribution in [3.8, 4) is 0 Å².